The van der Waals surface area contributed by atoms with Crippen molar-refractivity contribution in [3.8, 4) is 23.8 Å². The summed E-state index contributed by atoms with van der Waals surface area (Å²) in [7, 11) is -0.450. The van der Waals surface area contributed by atoms with Crippen LogP contribution >= 0.6 is 0 Å². The van der Waals surface area contributed by atoms with E-state index in [1.807, 2.05) is 50.2 Å². The van der Waals surface area contributed by atoms with E-state index in [0.29, 0.717) is 30.8 Å². The van der Waals surface area contributed by atoms with Gasteiger partial charge in [0, 0.05) is 19.4 Å². The van der Waals surface area contributed by atoms with Gasteiger partial charge in [0.15, 0.2) is 8.32 Å². The van der Waals surface area contributed by atoms with Gasteiger partial charge in [0.2, 0.25) is 5.91 Å². The molecule has 0 saturated carbocycles. The predicted octanol–water partition coefficient (Wildman–Crippen LogP) is 5.83. The number of fused-ring (bicyclic) bond motifs is 1. The predicted molar refractivity (Wildman–Crippen MR) is 174 cm³/mol. The van der Waals surface area contributed by atoms with Gasteiger partial charge in [-0.25, -0.2) is 4.79 Å². The molecular formula is C35H49NO7Si. The molecule has 0 fully saturated rings. The van der Waals surface area contributed by atoms with E-state index in [2.05, 4.69) is 45.1 Å². The van der Waals surface area contributed by atoms with Crippen LogP contribution in [0.2, 0.25) is 18.1 Å². The van der Waals surface area contributed by atoms with Gasteiger partial charge in [0.1, 0.15) is 29.8 Å². The molecule has 0 spiro atoms. The number of hydrogen-bond donors (Lipinski definition) is 2. The molecule has 44 heavy (non-hydrogen) atoms. The lowest BCUT2D eigenvalue weighted by molar-refractivity contribution is -0.127. The van der Waals surface area contributed by atoms with E-state index < -0.39 is 32.4 Å². The Bertz CT molecular complexity index is 1330. The second kappa shape index (κ2) is 15.1. The quantitative estimate of drug-likeness (QED) is 0.155. The lowest BCUT2D eigenvalue weighted by atomic mass is 9.87. The molecule has 1 amide bonds. The summed E-state index contributed by atoms with van der Waals surface area (Å²) in [6.45, 7) is 14.9. The molecule has 0 saturated heterocycles. The van der Waals surface area contributed by atoms with Crippen molar-refractivity contribution in [3.05, 3.63) is 58.7 Å². The number of carbonyl (C=O) groups excluding carboxylic acids is 2. The van der Waals surface area contributed by atoms with Crippen molar-refractivity contribution in [2.45, 2.75) is 90.8 Å². The minimum absolute atomic E-state index is 0.00537. The van der Waals surface area contributed by atoms with Crippen molar-refractivity contribution in [1.29, 1.82) is 0 Å². The zero-order chi connectivity index (χ0) is 32.7. The molecule has 2 unspecified atom stereocenters. The third kappa shape index (κ3) is 8.87. The summed E-state index contributed by atoms with van der Waals surface area (Å²) in [5, 5.41) is 13.1. The first-order chi connectivity index (χ1) is 20.7. The minimum atomic E-state index is -2.07. The molecule has 1 aliphatic rings. The Labute approximate surface area is 264 Å². The van der Waals surface area contributed by atoms with E-state index >= 15 is 0 Å². The monoisotopic (exact) mass is 623 g/mol. The van der Waals surface area contributed by atoms with Gasteiger partial charge >= 0.3 is 5.97 Å². The lowest BCUT2D eigenvalue weighted by Gasteiger charge is -2.37. The Kier molecular flexibility index (Phi) is 12.1. The highest BCUT2D eigenvalue weighted by Gasteiger charge is 2.39. The first-order valence-corrected chi connectivity index (χ1v) is 18.2. The number of nitrogens with one attached hydrogen (secondary N) is 1. The van der Waals surface area contributed by atoms with Gasteiger partial charge in [0.05, 0.1) is 25.7 Å². The highest BCUT2D eigenvalue weighted by molar-refractivity contribution is 6.74. The molecular weight excluding hydrogens is 574 g/mol. The van der Waals surface area contributed by atoms with E-state index in [1.54, 1.807) is 7.11 Å². The number of terminal acetylenes is 1. The topological polar surface area (TPSA) is 103 Å². The number of benzene rings is 2. The summed E-state index contributed by atoms with van der Waals surface area (Å²) in [4.78, 5) is 26.5. The number of aliphatic hydroxyl groups excluding tert-OH is 1. The van der Waals surface area contributed by atoms with Gasteiger partial charge in [-0.1, -0.05) is 52.0 Å². The number of hydrogen-bond acceptors (Lipinski definition) is 7. The zero-order valence-electron chi connectivity index (χ0n) is 27.5. The van der Waals surface area contributed by atoms with Crippen LogP contribution in [0.3, 0.4) is 0 Å². The number of methoxy groups -OCH3 is 1. The van der Waals surface area contributed by atoms with Crippen molar-refractivity contribution in [2.24, 2.45) is 11.8 Å². The van der Waals surface area contributed by atoms with Crippen LogP contribution in [0.1, 0.15) is 67.6 Å². The molecule has 1 heterocycles. The smallest absolute Gasteiger partial charge is 0.342 e. The number of amides is 1. The first-order valence-electron chi connectivity index (χ1n) is 15.3. The van der Waals surface area contributed by atoms with Gasteiger partial charge in [0.25, 0.3) is 0 Å². The summed E-state index contributed by atoms with van der Waals surface area (Å²) in [5.41, 5.74) is 3.11. The van der Waals surface area contributed by atoms with Gasteiger partial charge in [-0.2, -0.15) is 0 Å². The normalized spacial score (nSPS) is 17.0. The number of esters is 1. The van der Waals surface area contributed by atoms with Crippen LogP contribution in [0.25, 0.3) is 0 Å². The number of rotatable bonds is 14. The summed E-state index contributed by atoms with van der Waals surface area (Å²) in [6, 6.07) is 11.0. The highest BCUT2D eigenvalue weighted by atomic mass is 28.4. The summed E-state index contributed by atoms with van der Waals surface area (Å²) < 4.78 is 23.6. The first kappa shape index (κ1) is 35.2. The Hall–Kier alpha value is -3.32. The van der Waals surface area contributed by atoms with Crippen LogP contribution in [0.4, 0.5) is 0 Å². The summed E-state index contributed by atoms with van der Waals surface area (Å²) >= 11 is 0. The molecule has 1 aliphatic heterocycles. The maximum atomic E-state index is 13.3. The number of ether oxygens (including phenoxy) is 3. The zero-order valence-corrected chi connectivity index (χ0v) is 28.5. The molecule has 8 nitrogen and oxygen atoms in total. The second-order valence-corrected chi connectivity index (χ2v) is 18.1. The number of cyclic esters (lactones) is 1. The number of aryl methyl sites for hydroxylation is 1. The third-order valence-electron chi connectivity index (χ3n) is 8.91. The van der Waals surface area contributed by atoms with Crippen molar-refractivity contribution < 1.29 is 33.3 Å². The van der Waals surface area contributed by atoms with E-state index in [9.17, 15) is 14.7 Å². The van der Waals surface area contributed by atoms with Crippen LogP contribution in [-0.4, -0.2) is 57.8 Å². The van der Waals surface area contributed by atoms with Crippen LogP contribution in [0.15, 0.2) is 36.4 Å². The van der Waals surface area contributed by atoms with Gasteiger partial charge < -0.3 is 29.1 Å². The third-order valence-corrected chi connectivity index (χ3v) is 13.4. The Balaban J connectivity index is 1.65. The fourth-order valence-electron chi connectivity index (χ4n) is 4.95. The number of carbonyl (C=O) groups is 2. The minimum Gasteiger partial charge on any atom is -0.497 e. The molecule has 3 rings (SSSR count). The fourth-order valence-corrected chi connectivity index (χ4v) is 6.00. The molecule has 0 aromatic heterocycles. The molecule has 0 aliphatic carbocycles. The standard InChI is InChI=1S/C35H49NO7Si/c1-10-11-27(22-42-44(8,9)35(4,5)6)33(38)36-28(20-37)18-24(3)30-19-26-15-12-23(2)32(31(26)34(39)43-30)41-21-25-13-16-29(40-7)17-14-25/h1,12-17,24,27-28,30,37H,11,18-22H2,2-9H3,(H,36,38)/t24-,27?,28?,30-/m0/s1. The molecule has 9 heteroatoms. The van der Waals surface area contributed by atoms with Crippen molar-refractivity contribution in [2.75, 3.05) is 20.3 Å². The summed E-state index contributed by atoms with van der Waals surface area (Å²) in [6.07, 6.45) is 6.34. The van der Waals surface area contributed by atoms with E-state index in [1.165, 1.54) is 0 Å². The average molecular weight is 624 g/mol. The van der Waals surface area contributed by atoms with Crippen molar-refractivity contribution in [1.82, 2.24) is 5.32 Å². The van der Waals surface area contributed by atoms with E-state index in [4.69, 9.17) is 25.1 Å². The van der Waals surface area contributed by atoms with Crippen LogP contribution in [0.5, 0.6) is 11.5 Å². The molecule has 240 valence electrons. The largest absolute Gasteiger partial charge is 0.497 e. The van der Waals surface area contributed by atoms with Crippen molar-refractivity contribution in [3.63, 3.8) is 0 Å². The van der Waals surface area contributed by atoms with E-state index in [-0.39, 0.29) is 36.5 Å². The molecule has 0 bridgehead atoms. The average Bonchev–Trinajstić information content (AvgIpc) is 2.97. The maximum absolute atomic E-state index is 13.3. The van der Waals surface area contributed by atoms with E-state index in [0.717, 1.165) is 22.4 Å². The molecule has 2 aromatic rings. The van der Waals surface area contributed by atoms with Gasteiger partial charge in [-0.3, -0.25) is 4.79 Å². The molecule has 2 aromatic carbocycles. The Morgan fingerprint density at radius 1 is 1.20 bits per heavy atom. The maximum Gasteiger partial charge on any atom is 0.342 e. The Morgan fingerprint density at radius 3 is 2.48 bits per heavy atom. The second-order valence-electron chi connectivity index (χ2n) is 13.3. The highest BCUT2D eigenvalue weighted by Crippen LogP contribution is 2.37. The SMILES string of the molecule is C#CCC(CO[Si](C)(C)C(C)(C)C)C(=O)NC(CO)C[C@H](C)[C@@H]1Cc2ccc(C)c(OCc3ccc(OC)cc3)c2C(=O)O1. The number of aliphatic hydroxyl groups is 1. The molecule has 2 N–H and O–H groups in total. The van der Waals surface area contributed by atoms with Crippen molar-refractivity contribution >= 4 is 20.2 Å². The van der Waals surface area contributed by atoms with Crippen LogP contribution < -0.4 is 14.8 Å². The summed E-state index contributed by atoms with van der Waals surface area (Å²) in [5.74, 6) is 2.55. The molecule has 4 atom stereocenters. The molecule has 0 radical (unpaired) electrons. The fraction of sp³-hybridized carbons (Fsp3) is 0.543. The lowest BCUT2D eigenvalue weighted by Crippen LogP contribution is -2.47. The van der Waals surface area contributed by atoms with Crippen LogP contribution in [0, 0.1) is 31.1 Å². The Morgan fingerprint density at radius 2 is 1.89 bits per heavy atom. The van der Waals surface area contributed by atoms with Crippen LogP contribution in [-0.2, 0) is 27.0 Å². The van der Waals surface area contributed by atoms with Gasteiger partial charge in [-0.05, 0) is 66.2 Å². The van der Waals surface area contributed by atoms with Gasteiger partial charge in [-0.15, -0.1) is 12.3 Å².